The lowest BCUT2D eigenvalue weighted by Crippen LogP contribution is -2.30. The number of likely N-dealkylation sites (N-methyl/N-ethyl adjacent to an activating group) is 1. The molecular weight excluding hydrogens is 325 g/mol. The molecule has 1 aromatic carbocycles. The molecule has 3 nitrogen and oxygen atoms in total. The van der Waals surface area contributed by atoms with Crippen LogP contribution in [0.2, 0.25) is 10.0 Å². The van der Waals surface area contributed by atoms with Gasteiger partial charge in [-0.3, -0.25) is 4.40 Å². The number of thiazole rings is 1. The fourth-order valence-corrected chi connectivity index (χ4v) is 3.65. The molecule has 21 heavy (non-hydrogen) atoms. The molecule has 1 N–H and O–H groups in total. The highest BCUT2D eigenvalue weighted by Crippen LogP contribution is 2.26. The third-order valence-electron chi connectivity index (χ3n) is 3.52. The number of aromatic nitrogens is 2. The maximum absolute atomic E-state index is 6.25. The first kappa shape index (κ1) is 14.9. The zero-order valence-corrected chi connectivity index (χ0v) is 13.8. The van der Waals surface area contributed by atoms with Crippen LogP contribution in [0, 0.1) is 0 Å². The molecule has 0 aliphatic rings. The van der Waals surface area contributed by atoms with Crippen LogP contribution in [0.5, 0.6) is 0 Å². The fraction of sp³-hybridized carbons (Fsp3) is 0.267. The Morgan fingerprint density at radius 3 is 2.71 bits per heavy atom. The highest BCUT2D eigenvalue weighted by molar-refractivity contribution is 7.15. The van der Waals surface area contributed by atoms with Crippen molar-refractivity contribution in [3.05, 3.63) is 57.3 Å². The summed E-state index contributed by atoms with van der Waals surface area (Å²) in [5.41, 5.74) is 2.06. The molecule has 1 unspecified atom stereocenters. The number of imidazole rings is 1. The van der Waals surface area contributed by atoms with Gasteiger partial charge in [-0.25, -0.2) is 4.98 Å². The van der Waals surface area contributed by atoms with Gasteiger partial charge in [0.1, 0.15) is 0 Å². The summed E-state index contributed by atoms with van der Waals surface area (Å²) in [6, 6.07) is 5.86. The van der Waals surface area contributed by atoms with Gasteiger partial charge in [0.05, 0.1) is 5.69 Å². The number of nitrogens with zero attached hydrogens (tertiary/aromatic N) is 2. The van der Waals surface area contributed by atoms with Gasteiger partial charge in [-0.05, 0) is 31.2 Å². The number of nitrogens with one attached hydrogen (secondary N) is 1. The lowest BCUT2D eigenvalue weighted by molar-refractivity contribution is 0.551. The average Bonchev–Trinajstić information content (AvgIpc) is 3.02. The third-order valence-corrected chi connectivity index (χ3v) is 5.00. The van der Waals surface area contributed by atoms with Gasteiger partial charge < -0.3 is 5.32 Å². The van der Waals surface area contributed by atoms with Gasteiger partial charge in [0.2, 0.25) is 0 Å². The van der Waals surface area contributed by atoms with Crippen LogP contribution in [-0.2, 0) is 12.8 Å². The quantitative estimate of drug-likeness (QED) is 0.758. The van der Waals surface area contributed by atoms with E-state index in [2.05, 4.69) is 20.9 Å². The lowest BCUT2D eigenvalue weighted by Gasteiger charge is -2.16. The molecule has 3 rings (SSSR count). The monoisotopic (exact) mass is 339 g/mol. The second kappa shape index (κ2) is 6.36. The summed E-state index contributed by atoms with van der Waals surface area (Å²) in [6.07, 6.45) is 5.72. The number of fused-ring (bicyclic) bond motifs is 1. The Balaban J connectivity index is 1.77. The number of halogens is 2. The number of rotatable bonds is 5. The summed E-state index contributed by atoms with van der Waals surface area (Å²) >= 11 is 14.1. The van der Waals surface area contributed by atoms with Crippen molar-refractivity contribution >= 4 is 39.5 Å². The Hall–Kier alpha value is -1.07. The first-order valence-electron chi connectivity index (χ1n) is 6.68. The maximum atomic E-state index is 6.25. The van der Waals surface area contributed by atoms with E-state index in [9.17, 15) is 0 Å². The smallest absolute Gasteiger partial charge is 0.193 e. The van der Waals surface area contributed by atoms with E-state index in [1.807, 2.05) is 36.8 Å². The van der Waals surface area contributed by atoms with E-state index in [1.54, 1.807) is 11.3 Å². The zero-order chi connectivity index (χ0) is 14.8. The van der Waals surface area contributed by atoms with Crippen molar-refractivity contribution in [3.63, 3.8) is 0 Å². The minimum absolute atomic E-state index is 0.243. The molecule has 0 saturated carbocycles. The van der Waals surface area contributed by atoms with Crippen LogP contribution >= 0.6 is 34.5 Å². The van der Waals surface area contributed by atoms with Crippen molar-refractivity contribution in [2.75, 3.05) is 7.05 Å². The van der Waals surface area contributed by atoms with Gasteiger partial charge >= 0.3 is 0 Å². The van der Waals surface area contributed by atoms with E-state index in [0.29, 0.717) is 10.0 Å². The Morgan fingerprint density at radius 2 is 2.05 bits per heavy atom. The molecule has 0 aliphatic heterocycles. The molecule has 3 aromatic rings. The summed E-state index contributed by atoms with van der Waals surface area (Å²) in [4.78, 5) is 5.65. The number of hydrogen-bond acceptors (Lipinski definition) is 3. The predicted molar refractivity (Wildman–Crippen MR) is 89.8 cm³/mol. The van der Waals surface area contributed by atoms with E-state index in [1.165, 1.54) is 0 Å². The van der Waals surface area contributed by atoms with Crippen LogP contribution in [0.1, 0.15) is 11.3 Å². The van der Waals surface area contributed by atoms with Crippen LogP contribution in [0.15, 0.2) is 36.0 Å². The molecule has 2 aromatic heterocycles. The Morgan fingerprint density at radius 1 is 1.29 bits per heavy atom. The van der Waals surface area contributed by atoms with E-state index >= 15 is 0 Å². The molecule has 1 atom stereocenters. The molecule has 0 saturated heterocycles. The molecule has 0 bridgehead atoms. The number of benzene rings is 1. The van der Waals surface area contributed by atoms with Gasteiger partial charge in [0.15, 0.2) is 4.96 Å². The average molecular weight is 340 g/mol. The van der Waals surface area contributed by atoms with Gasteiger partial charge in [0.25, 0.3) is 0 Å². The SMILES string of the molecule is CNC(Cc1cn2ccsc2n1)Cc1c(Cl)cccc1Cl. The van der Waals surface area contributed by atoms with Gasteiger partial charge in [-0.1, -0.05) is 29.3 Å². The molecule has 110 valence electrons. The van der Waals surface area contributed by atoms with E-state index in [-0.39, 0.29) is 6.04 Å². The molecule has 0 aliphatic carbocycles. The Kier molecular flexibility index (Phi) is 4.50. The van der Waals surface area contributed by atoms with Crippen molar-refractivity contribution in [2.24, 2.45) is 0 Å². The van der Waals surface area contributed by atoms with Crippen LogP contribution in [0.3, 0.4) is 0 Å². The van der Waals surface area contributed by atoms with Crippen LogP contribution < -0.4 is 5.32 Å². The highest BCUT2D eigenvalue weighted by Gasteiger charge is 2.15. The largest absolute Gasteiger partial charge is 0.316 e. The fourth-order valence-electron chi connectivity index (χ4n) is 2.38. The second-order valence-corrected chi connectivity index (χ2v) is 6.61. The van der Waals surface area contributed by atoms with Gasteiger partial charge in [-0.15, -0.1) is 11.3 Å². The number of hydrogen-bond donors (Lipinski definition) is 1. The first-order valence-corrected chi connectivity index (χ1v) is 8.32. The topological polar surface area (TPSA) is 29.3 Å². The van der Waals surface area contributed by atoms with E-state index in [4.69, 9.17) is 23.2 Å². The van der Waals surface area contributed by atoms with Crippen molar-refractivity contribution < 1.29 is 0 Å². The normalized spacial score (nSPS) is 12.9. The Labute approximate surface area is 137 Å². The maximum Gasteiger partial charge on any atom is 0.193 e. The summed E-state index contributed by atoms with van der Waals surface area (Å²) in [5.74, 6) is 0. The minimum atomic E-state index is 0.243. The van der Waals surface area contributed by atoms with Crippen molar-refractivity contribution in [1.82, 2.24) is 14.7 Å². The molecule has 6 heteroatoms. The summed E-state index contributed by atoms with van der Waals surface area (Å²) in [6.45, 7) is 0. The summed E-state index contributed by atoms with van der Waals surface area (Å²) in [5, 5.41) is 6.79. The zero-order valence-electron chi connectivity index (χ0n) is 11.5. The molecular formula is C15H15Cl2N3S. The summed E-state index contributed by atoms with van der Waals surface area (Å²) < 4.78 is 2.05. The molecule has 2 heterocycles. The molecule has 0 radical (unpaired) electrons. The van der Waals surface area contributed by atoms with Gasteiger partial charge in [0, 0.05) is 40.3 Å². The van der Waals surface area contributed by atoms with E-state index < -0.39 is 0 Å². The van der Waals surface area contributed by atoms with Crippen molar-refractivity contribution in [2.45, 2.75) is 18.9 Å². The van der Waals surface area contributed by atoms with Crippen LogP contribution in [-0.4, -0.2) is 22.5 Å². The standard InChI is InChI=1S/C15H15Cl2N3S/c1-18-10(8-12-13(16)3-2-4-14(12)17)7-11-9-20-5-6-21-15(20)19-11/h2-6,9-10,18H,7-8H2,1H3. The first-order chi connectivity index (χ1) is 10.2. The van der Waals surface area contributed by atoms with Crippen molar-refractivity contribution in [1.29, 1.82) is 0 Å². The van der Waals surface area contributed by atoms with Crippen LogP contribution in [0.25, 0.3) is 4.96 Å². The highest BCUT2D eigenvalue weighted by atomic mass is 35.5. The third kappa shape index (κ3) is 3.24. The van der Waals surface area contributed by atoms with E-state index in [0.717, 1.165) is 29.1 Å². The minimum Gasteiger partial charge on any atom is -0.316 e. The lowest BCUT2D eigenvalue weighted by atomic mass is 10.0. The summed E-state index contributed by atoms with van der Waals surface area (Å²) in [7, 11) is 1.95. The van der Waals surface area contributed by atoms with Crippen LogP contribution in [0.4, 0.5) is 0 Å². The predicted octanol–water partition coefficient (Wildman–Crippen LogP) is 4.08. The molecule has 0 amide bonds. The van der Waals surface area contributed by atoms with Gasteiger partial charge in [-0.2, -0.15) is 0 Å². The Bertz CT molecular complexity index is 702. The second-order valence-electron chi connectivity index (χ2n) is 4.92. The molecule has 0 spiro atoms. The van der Waals surface area contributed by atoms with Crippen molar-refractivity contribution in [3.8, 4) is 0 Å². The molecule has 0 fully saturated rings.